The van der Waals surface area contributed by atoms with Crippen LogP contribution in [0.2, 0.25) is 5.02 Å². The lowest BCUT2D eigenvalue weighted by Gasteiger charge is -2.08. The van der Waals surface area contributed by atoms with Gasteiger partial charge in [0, 0.05) is 12.1 Å². The Labute approximate surface area is 122 Å². The van der Waals surface area contributed by atoms with Gasteiger partial charge in [-0.25, -0.2) is 0 Å². The first kappa shape index (κ1) is 14.8. The van der Waals surface area contributed by atoms with E-state index in [4.69, 9.17) is 11.6 Å². The normalized spacial score (nSPS) is 19.4. The standard InChI is InChI=1S/C14H17ClN2O3/c1-13(2)12(14(13,3)4)16-11(18)8-6-5-7-9(10(8)15)17(19)20/h5-7,12H,1-4H3,(H,16,18). The highest BCUT2D eigenvalue weighted by Gasteiger charge is 2.65. The second-order valence-corrected chi connectivity index (χ2v) is 6.62. The molecule has 0 spiro atoms. The zero-order valence-corrected chi connectivity index (χ0v) is 12.6. The first-order valence-electron chi connectivity index (χ1n) is 6.34. The summed E-state index contributed by atoms with van der Waals surface area (Å²) in [5.41, 5.74) is -0.126. The van der Waals surface area contributed by atoms with E-state index < -0.39 is 4.92 Å². The Balaban J connectivity index is 2.24. The molecule has 1 aromatic rings. The van der Waals surface area contributed by atoms with Gasteiger partial charge in [-0.3, -0.25) is 14.9 Å². The summed E-state index contributed by atoms with van der Waals surface area (Å²) in [6.07, 6.45) is 0. The van der Waals surface area contributed by atoms with Crippen molar-refractivity contribution in [3.63, 3.8) is 0 Å². The number of carbonyl (C=O) groups excluding carboxylic acids is 1. The molecule has 0 radical (unpaired) electrons. The summed E-state index contributed by atoms with van der Waals surface area (Å²) in [7, 11) is 0. The van der Waals surface area contributed by atoms with Gasteiger partial charge in [-0.1, -0.05) is 45.4 Å². The smallest absolute Gasteiger partial charge is 0.288 e. The quantitative estimate of drug-likeness (QED) is 0.686. The SMILES string of the molecule is CC1(C)C(NC(=O)c2cccc([N+](=O)[O-])c2Cl)C1(C)C. The van der Waals surface area contributed by atoms with Crippen LogP contribution in [0.4, 0.5) is 5.69 Å². The minimum absolute atomic E-state index is 0.00412. The Morgan fingerprint density at radius 2 is 1.85 bits per heavy atom. The average molecular weight is 297 g/mol. The lowest BCUT2D eigenvalue weighted by molar-refractivity contribution is -0.384. The van der Waals surface area contributed by atoms with Crippen LogP contribution in [0.3, 0.4) is 0 Å². The summed E-state index contributed by atoms with van der Waals surface area (Å²) < 4.78 is 0. The fourth-order valence-corrected chi connectivity index (χ4v) is 2.88. The molecule has 1 aliphatic carbocycles. The number of halogens is 1. The van der Waals surface area contributed by atoms with Crippen molar-refractivity contribution in [2.75, 3.05) is 0 Å². The highest BCUT2D eigenvalue weighted by molar-refractivity contribution is 6.35. The second kappa shape index (κ2) is 4.45. The number of hydrogen-bond donors (Lipinski definition) is 1. The first-order valence-corrected chi connectivity index (χ1v) is 6.72. The van der Waals surface area contributed by atoms with Crippen molar-refractivity contribution in [3.8, 4) is 0 Å². The van der Waals surface area contributed by atoms with Crippen molar-refractivity contribution >= 4 is 23.2 Å². The largest absolute Gasteiger partial charge is 0.348 e. The third-order valence-electron chi connectivity index (χ3n) is 4.72. The van der Waals surface area contributed by atoms with Crippen LogP contribution >= 0.6 is 11.6 Å². The van der Waals surface area contributed by atoms with Crippen molar-refractivity contribution in [3.05, 3.63) is 38.9 Å². The van der Waals surface area contributed by atoms with Gasteiger partial charge < -0.3 is 5.32 Å². The molecule has 2 rings (SSSR count). The van der Waals surface area contributed by atoms with Gasteiger partial charge in [-0.05, 0) is 16.9 Å². The summed E-state index contributed by atoms with van der Waals surface area (Å²) in [5, 5.41) is 13.6. The highest BCUT2D eigenvalue weighted by atomic mass is 35.5. The maximum Gasteiger partial charge on any atom is 0.288 e. The van der Waals surface area contributed by atoms with Crippen LogP contribution in [-0.4, -0.2) is 16.9 Å². The molecule has 0 heterocycles. The van der Waals surface area contributed by atoms with Gasteiger partial charge in [-0.15, -0.1) is 0 Å². The van der Waals surface area contributed by atoms with E-state index >= 15 is 0 Å². The molecule has 0 saturated heterocycles. The molecule has 6 heteroatoms. The number of benzene rings is 1. The second-order valence-electron chi connectivity index (χ2n) is 6.25. The Kier molecular flexibility index (Phi) is 3.29. The summed E-state index contributed by atoms with van der Waals surface area (Å²) in [5.74, 6) is -0.373. The van der Waals surface area contributed by atoms with Crippen LogP contribution in [0.5, 0.6) is 0 Å². The van der Waals surface area contributed by atoms with Crippen LogP contribution in [0.1, 0.15) is 38.1 Å². The third-order valence-corrected chi connectivity index (χ3v) is 5.11. The maximum absolute atomic E-state index is 12.2. The fraction of sp³-hybridized carbons (Fsp3) is 0.500. The molecule has 20 heavy (non-hydrogen) atoms. The molecule has 0 bridgehead atoms. The third kappa shape index (κ3) is 2.06. The Hall–Kier alpha value is -1.62. The van der Waals surface area contributed by atoms with Crippen LogP contribution in [0, 0.1) is 20.9 Å². The van der Waals surface area contributed by atoms with Gasteiger partial charge in [-0.2, -0.15) is 0 Å². The summed E-state index contributed by atoms with van der Waals surface area (Å²) >= 11 is 5.94. The number of nitro benzene ring substituents is 1. The van der Waals surface area contributed by atoms with Crippen molar-refractivity contribution in [2.45, 2.75) is 33.7 Å². The molecule has 0 unspecified atom stereocenters. The van der Waals surface area contributed by atoms with E-state index in [0.717, 1.165) is 0 Å². The minimum Gasteiger partial charge on any atom is -0.348 e. The maximum atomic E-state index is 12.2. The van der Waals surface area contributed by atoms with Gasteiger partial charge in [0.15, 0.2) is 0 Å². The molecule has 1 N–H and O–H groups in total. The predicted octanol–water partition coefficient (Wildman–Crippen LogP) is 3.41. The molecular formula is C14H17ClN2O3. The number of nitro groups is 1. The molecule has 5 nitrogen and oxygen atoms in total. The number of hydrogen-bond acceptors (Lipinski definition) is 3. The average Bonchev–Trinajstić information content (AvgIpc) is 2.71. The van der Waals surface area contributed by atoms with Crippen molar-refractivity contribution in [1.29, 1.82) is 0 Å². The van der Waals surface area contributed by atoms with Gasteiger partial charge in [0.25, 0.3) is 11.6 Å². The molecule has 0 atom stereocenters. The van der Waals surface area contributed by atoms with Crippen molar-refractivity contribution in [2.24, 2.45) is 10.8 Å². The summed E-state index contributed by atoms with van der Waals surface area (Å²) in [6, 6.07) is 4.26. The molecule has 108 valence electrons. The van der Waals surface area contributed by atoms with Gasteiger partial charge >= 0.3 is 0 Å². The predicted molar refractivity (Wildman–Crippen MR) is 76.9 cm³/mol. The number of carbonyl (C=O) groups is 1. The number of nitrogens with one attached hydrogen (secondary N) is 1. The molecule has 1 aliphatic rings. The van der Waals surface area contributed by atoms with Crippen LogP contribution in [-0.2, 0) is 0 Å². The summed E-state index contributed by atoms with van der Waals surface area (Å²) in [6.45, 7) is 8.31. The Morgan fingerprint density at radius 1 is 1.30 bits per heavy atom. The van der Waals surface area contributed by atoms with Gasteiger partial charge in [0.2, 0.25) is 0 Å². The number of amides is 1. The summed E-state index contributed by atoms with van der Waals surface area (Å²) in [4.78, 5) is 22.5. The van der Waals surface area contributed by atoms with Crippen LogP contribution in [0.15, 0.2) is 18.2 Å². The Bertz CT molecular complexity index is 582. The van der Waals surface area contributed by atoms with E-state index in [9.17, 15) is 14.9 Å². The highest BCUT2D eigenvalue weighted by Crippen LogP contribution is 2.62. The number of rotatable bonds is 3. The van der Waals surface area contributed by atoms with E-state index in [1.165, 1.54) is 18.2 Å². The minimum atomic E-state index is -0.593. The van der Waals surface area contributed by atoms with Gasteiger partial charge in [0.1, 0.15) is 5.02 Å². The number of nitrogens with zero attached hydrogens (tertiary/aromatic N) is 1. The van der Waals surface area contributed by atoms with Gasteiger partial charge in [0.05, 0.1) is 10.5 Å². The fourth-order valence-electron chi connectivity index (χ4n) is 2.60. The Morgan fingerprint density at radius 3 is 2.30 bits per heavy atom. The first-order chi connectivity index (χ1) is 9.10. The van der Waals surface area contributed by atoms with Crippen molar-refractivity contribution < 1.29 is 9.72 Å². The lowest BCUT2D eigenvalue weighted by Crippen LogP contribution is -2.30. The van der Waals surface area contributed by atoms with E-state index in [2.05, 4.69) is 33.0 Å². The van der Waals surface area contributed by atoms with E-state index in [1.54, 1.807) is 0 Å². The van der Waals surface area contributed by atoms with Crippen molar-refractivity contribution in [1.82, 2.24) is 5.32 Å². The molecule has 1 amide bonds. The lowest BCUT2D eigenvalue weighted by atomic mass is 10.0. The molecule has 1 aromatic carbocycles. The topological polar surface area (TPSA) is 72.2 Å². The molecule has 1 saturated carbocycles. The molecule has 1 fully saturated rings. The van der Waals surface area contributed by atoms with Crippen LogP contribution < -0.4 is 5.32 Å². The zero-order valence-electron chi connectivity index (χ0n) is 11.9. The molecule has 0 aliphatic heterocycles. The zero-order chi connectivity index (χ0) is 15.3. The van der Waals surface area contributed by atoms with Crippen LogP contribution in [0.25, 0.3) is 0 Å². The molecule has 0 aromatic heterocycles. The van der Waals surface area contributed by atoms with E-state index in [-0.39, 0.29) is 39.1 Å². The van der Waals surface area contributed by atoms with E-state index in [1.807, 2.05) is 0 Å². The monoisotopic (exact) mass is 296 g/mol. The van der Waals surface area contributed by atoms with E-state index in [0.29, 0.717) is 0 Å². The molecular weight excluding hydrogens is 280 g/mol.